The minimum atomic E-state index is 0. The van der Waals surface area contributed by atoms with Crippen LogP contribution in [0.15, 0.2) is 23.2 Å². The van der Waals surface area contributed by atoms with Crippen LogP contribution in [0.5, 0.6) is 11.5 Å². The number of likely N-dealkylation sites (tertiary alicyclic amines) is 1. The molecule has 7 heteroatoms. The summed E-state index contributed by atoms with van der Waals surface area (Å²) in [6, 6.07) is 6.18. The fraction of sp³-hybridized carbons (Fsp3) is 0.667. The molecule has 1 aromatic rings. The molecule has 1 aromatic carbocycles. The number of aliphatic imine (C=N–C) groups is 1. The van der Waals surface area contributed by atoms with Crippen molar-refractivity contribution in [2.24, 2.45) is 10.9 Å². The number of piperidine rings is 1. The van der Waals surface area contributed by atoms with Crippen molar-refractivity contribution >= 4 is 29.9 Å². The van der Waals surface area contributed by atoms with Crippen LogP contribution in [-0.4, -0.2) is 63.8 Å². The van der Waals surface area contributed by atoms with Crippen molar-refractivity contribution in [2.45, 2.75) is 32.6 Å². The maximum absolute atomic E-state index is 5.65. The van der Waals surface area contributed by atoms with Crippen LogP contribution in [0.1, 0.15) is 31.7 Å². The van der Waals surface area contributed by atoms with Crippen LogP contribution in [0.4, 0.5) is 0 Å². The van der Waals surface area contributed by atoms with Crippen molar-refractivity contribution in [3.8, 4) is 11.5 Å². The lowest BCUT2D eigenvalue weighted by Crippen LogP contribution is -2.40. The van der Waals surface area contributed by atoms with Gasteiger partial charge in [-0.15, -0.1) is 24.0 Å². The number of fused-ring (bicyclic) bond motifs is 1. The Morgan fingerprint density at radius 1 is 1.11 bits per heavy atom. The van der Waals surface area contributed by atoms with E-state index in [1.54, 1.807) is 0 Å². The van der Waals surface area contributed by atoms with E-state index in [2.05, 4.69) is 39.6 Å². The molecule has 2 heterocycles. The van der Waals surface area contributed by atoms with Gasteiger partial charge < -0.3 is 25.0 Å². The van der Waals surface area contributed by atoms with Gasteiger partial charge in [-0.1, -0.05) is 13.0 Å². The lowest BCUT2D eigenvalue weighted by Gasteiger charge is -2.30. The summed E-state index contributed by atoms with van der Waals surface area (Å²) in [4.78, 5) is 6.90. The molecule has 0 aromatic heterocycles. The first-order valence-corrected chi connectivity index (χ1v) is 10.3. The summed E-state index contributed by atoms with van der Waals surface area (Å²) in [5, 5.41) is 6.82. The van der Waals surface area contributed by atoms with Crippen molar-refractivity contribution in [2.75, 3.05) is 53.0 Å². The second-order valence-electron chi connectivity index (χ2n) is 7.53. The normalized spacial score (nSPS) is 17.7. The van der Waals surface area contributed by atoms with E-state index >= 15 is 0 Å². The fourth-order valence-electron chi connectivity index (χ4n) is 3.58. The Morgan fingerprint density at radius 3 is 2.57 bits per heavy atom. The van der Waals surface area contributed by atoms with Gasteiger partial charge in [0, 0.05) is 20.1 Å². The molecule has 1 fully saturated rings. The van der Waals surface area contributed by atoms with Crippen LogP contribution in [0, 0.1) is 5.92 Å². The SMILES string of the molecule is CN=C(NCCCN1CCC(C)CC1)NCCc1ccc2c(c1)OCCO2.I. The van der Waals surface area contributed by atoms with E-state index in [-0.39, 0.29) is 24.0 Å². The topological polar surface area (TPSA) is 58.1 Å². The smallest absolute Gasteiger partial charge is 0.190 e. The zero-order valence-electron chi connectivity index (χ0n) is 17.2. The van der Waals surface area contributed by atoms with Gasteiger partial charge in [-0.2, -0.15) is 0 Å². The first kappa shape index (κ1) is 23.1. The van der Waals surface area contributed by atoms with E-state index < -0.39 is 0 Å². The Morgan fingerprint density at radius 2 is 1.82 bits per heavy atom. The van der Waals surface area contributed by atoms with Gasteiger partial charge in [0.2, 0.25) is 0 Å². The molecule has 0 bridgehead atoms. The Kier molecular flexibility index (Phi) is 10.2. The van der Waals surface area contributed by atoms with Gasteiger partial charge in [-0.05, 0) is 68.9 Å². The van der Waals surface area contributed by atoms with E-state index in [4.69, 9.17) is 9.47 Å². The van der Waals surface area contributed by atoms with Crippen LogP contribution in [0.2, 0.25) is 0 Å². The lowest BCUT2D eigenvalue weighted by atomic mass is 9.99. The van der Waals surface area contributed by atoms with Gasteiger partial charge in [0.15, 0.2) is 17.5 Å². The van der Waals surface area contributed by atoms with Gasteiger partial charge in [-0.3, -0.25) is 4.99 Å². The standard InChI is InChI=1S/C21H34N4O2.HI/c1-17-7-12-25(13-8-17)11-3-9-23-21(22-2)24-10-6-18-4-5-19-20(16-18)27-15-14-26-19;/h4-5,16-17H,3,6-15H2,1-2H3,(H2,22,23,24);1H. The summed E-state index contributed by atoms with van der Waals surface area (Å²) in [7, 11) is 1.82. The molecule has 158 valence electrons. The molecule has 3 rings (SSSR count). The second-order valence-corrected chi connectivity index (χ2v) is 7.53. The number of nitrogens with one attached hydrogen (secondary N) is 2. The quantitative estimate of drug-likeness (QED) is 0.260. The summed E-state index contributed by atoms with van der Waals surface area (Å²) in [5.41, 5.74) is 1.24. The van der Waals surface area contributed by atoms with Gasteiger partial charge >= 0.3 is 0 Å². The molecule has 0 atom stereocenters. The Balaban J connectivity index is 0.00000280. The van der Waals surface area contributed by atoms with Crippen LogP contribution in [0.25, 0.3) is 0 Å². The third kappa shape index (κ3) is 7.31. The number of rotatable bonds is 7. The molecule has 28 heavy (non-hydrogen) atoms. The molecule has 2 aliphatic rings. The monoisotopic (exact) mass is 502 g/mol. The van der Waals surface area contributed by atoms with Gasteiger partial charge in [-0.25, -0.2) is 0 Å². The highest BCUT2D eigenvalue weighted by molar-refractivity contribution is 14.0. The first-order chi connectivity index (χ1) is 13.2. The van der Waals surface area contributed by atoms with Crippen molar-refractivity contribution in [3.63, 3.8) is 0 Å². The highest BCUT2D eigenvalue weighted by atomic mass is 127. The van der Waals surface area contributed by atoms with Crippen LogP contribution in [-0.2, 0) is 6.42 Å². The summed E-state index contributed by atoms with van der Waals surface area (Å²) >= 11 is 0. The maximum Gasteiger partial charge on any atom is 0.190 e. The Hall–Kier alpha value is -1.22. The molecule has 0 amide bonds. The highest BCUT2D eigenvalue weighted by Gasteiger charge is 2.15. The van der Waals surface area contributed by atoms with E-state index in [1.807, 2.05) is 13.1 Å². The predicted octanol–water partition coefficient (Wildman–Crippen LogP) is 2.91. The number of hydrogen-bond acceptors (Lipinski definition) is 4. The van der Waals surface area contributed by atoms with Crippen LogP contribution >= 0.6 is 24.0 Å². The summed E-state index contributed by atoms with van der Waals surface area (Å²) in [6.45, 7) is 9.09. The van der Waals surface area contributed by atoms with Crippen molar-refractivity contribution in [1.29, 1.82) is 0 Å². The van der Waals surface area contributed by atoms with E-state index in [0.717, 1.165) is 49.3 Å². The third-order valence-electron chi connectivity index (χ3n) is 5.36. The van der Waals surface area contributed by atoms with Gasteiger partial charge in [0.05, 0.1) is 0 Å². The summed E-state index contributed by atoms with van der Waals surface area (Å²) in [5.74, 6) is 3.48. The molecule has 0 radical (unpaired) electrons. The third-order valence-corrected chi connectivity index (χ3v) is 5.36. The van der Waals surface area contributed by atoms with Crippen molar-refractivity contribution < 1.29 is 9.47 Å². The molecule has 6 nitrogen and oxygen atoms in total. The number of benzene rings is 1. The second kappa shape index (κ2) is 12.4. The average molecular weight is 502 g/mol. The summed E-state index contributed by atoms with van der Waals surface area (Å²) < 4.78 is 11.2. The van der Waals surface area contributed by atoms with Crippen molar-refractivity contribution in [1.82, 2.24) is 15.5 Å². The van der Waals surface area contributed by atoms with E-state index in [1.165, 1.54) is 38.0 Å². The molecule has 1 saturated heterocycles. The molecule has 0 spiro atoms. The molecule has 2 N–H and O–H groups in total. The minimum Gasteiger partial charge on any atom is -0.486 e. The Labute approximate surface area is 186 Å². The van der Waals surface area contributed by atoms with Gasteiger partial charge in [0.25, 0.3) is 0 Å². The fourth-order valence-corrected chi connectivity index (χ4v) is 3.58. The zero-order chi connectivity index (χ0) is 18.9. The molecular formula is C21H35IN4O2. The Bertz CT molecular complexity index is 618. The average Bonchev–Trinajstić information content (AvgIpc) is 2.71. The molecule has 0 saturated carbocycles. The highest BCUT2D eigenvalue weighted by Crippen LogP contribution is 2.30. The molecular weight excluding hydrogens is 467 g/mol. The number of nitrogens with zero attached hydrogens (tertiary/aromatic N) is 2. The van der Waals surface area contributed by atoms with Crippen LogP contribution < -0.4 is 20.1 Å². The number of guanidine groups is 1. The molecule has 2 aliphatic heterocycles. The number of ether oxygens (including phenoxy) is 2. The largest absolute Gasteiger partial charge is 0.486 e. The first-order valence-electron chi connectivity index (χ1n) is 10.3. The van der Waals surface area contributed by atoms with Gasteiger partial charge in [0.1, 0.15) is 13.2 Å². The maximum atomic E-state index is 5.65. The van der Waals surface area contributed by atoms with Crippen molar-refractivity contribution in [3.05, 3.63) is 23.8 Å². The predicted molar refractivity (Wildman–Crippen MR) is 125 cm³/mol. The summed E-state index contributed by atoms with van der Waals surface area (Å²) in [6.07, 6.45) is 4.76. The zero-order valence-corrected chi connectivity index (χ0v) is 19.5. The van der Waals surface area contributed by atoms with Crippen LogP contribution in [0.3, 0.4) is 0 Å². The van der Waals surface area contributed by atoms with E-state index in [9.17, 15) is 0 Å². The van der Waals surface area contributed by atoms with E-state index in [0.29, 0.717) is 13.2 Å². The number of hydrogen-bond donors (Lipinski definition) is 2. The lowest BCUT2D eigenvalue weighted by molar-refractivity contribution is 0.171. The minimum absolute atomic E-state index is 0. The molecule has 0 unspecified atom stereocenters. The molecule has 0 aliphatic carbocycles. The number of halogens is 1.